The van der Waals surface area contributed by atoms with Gasteiger partial charge in [-0.25, -0.2) is 0 Å². The first kappa shape index (κ1) is 34.5. The number of nitrogens with zero attached hydrogens (tertiary/aromatic N) is 2. The van der Waals surface area contributed by atoms with Crippen LogP contribution in [0.1, 0.15) is 131 Å². The van der Waals surface area contributed by atoms with Crippen LogP contribution in [-0.2, 0) is 0 Å². The lowest BCUT2D eigenvalue weighted by atomic mass is 9.87. The van der Waals surface area contributed by atoms with Gasteiger partial charge in [-0.1, -0.05) is 99.6 Å². The molecule has 1 aliphatic heterocycles. The summed E-state index contributed by atoms with van der Waals surface area (Å²) in [5.74, 6) is 1.50. The molecule has 4 fully saturated rings. The molecule has 1 heterocycles. The van der Waals surface area contributed by atoms with Crippen LogP contribution in [0.15, 0.2) is 59.0 Å². The summed E-state index contributed by atoms with van der Waals surface area (Å²) >= 11 is 0. The van der Waals surface area contributed by atoms with Crippen molar-refractivity contribution in [2.75, 3.05) is 22.9 Å². The Morgan fingerprint density at radius 1 is 0.617 bits per heavy atom. The first-order valence-corrected chi connectivity index (χ1v) is 20.8. The zero-order valence-corrected chi connectivity index (χ0v) is 32.0. The van der Waals surface area contributed by atoms with Crippen molar-refractivity contribution in [2.24, 2.45) is 0 Å². The molecule has 2 nitrogen and oxygen atoms in total. The number of hydrogen-bond acceptors (Lipinski definition) is 2. The number of benzene rings is 2. The zero-order chi connectivity index (χ0) is 33.2. The van der Waals surface area contributed by atoms with Crippen molar-refractivity contribution >= 4 is 19.3 Å². The Kier molecular flexibility index (Phi) is 11.1. The highest BCUT2D eigenvalue weighted by molar-refractivity contribution is 7.60. The van der Waals surface area contributed by atoms with Crippen LogP contribution >= 0.6 is 7.92 Å². The van der Waals surface area contributed by atoms with Crippen LogP contribution in [0.5, 0.6) is 0 Å². The number of anilines is 2. The lowest BCUT2D eigenvalue weighted by Gasteiger charge is -2.46. The fourth-order valence-corrected chi connectivity index (χ4v) is 14.7. The van der Waals surface area contributed by atoms with E-state index in [0.717, 1.165) is 30.1 Å². The monoisotopic (exact) mass is 650 g/mol. The molecule has 3 aliphatic carbocycles. The van der Waals surface area contributed by atoms with Gasteiger partial charge in [0, 0.05) is 30.1 Å². The molecule has 47 heavy (non-hydrogen) atoms. The summed E-state index contributed by atoms with van der Waals surface area (Å²) in [4.78, 5) is 5.53. The molecule has 6 rings (SSSR count). The first-order valence-electron chi connectivity index (χ1n) is 19.2. The van der Waals surface area contributed by atoms with Gasteiger partial charge in [-0.15, -0.1) is 0 Å². The minimum atomic E-state index is -0.0656. The molecule has 254 valence electrons. The quantitative estimate of drug-likeness (QED) is 0.287. The second-order valence-electron chi connectivity index (χ2n) is 15.9. The molecule has 0 N–H and O–H groups in total. The second-order valence-corrected chi connectivity index (χ2v) is 18.9. The van der Waals surface area contributed by atoms with Crippen molar-refractivity contribution in [3.8, 4) is 0 Å². The van der Waals surface area contributed by atoms with Crippen molar-refractivity contribution < 1.29 is 0 Å². The summed E-state index contributed by atoms with van der Waals surface area (Å²) in [6, 6.07) is 9.63. The van der Waals surface area contributed by atoms with Gasteiger partial charge in [0.05, 0.1) is 0 Å². The lowest BCUT2D eigenvalue weighted by Crippen LogP contribution is -2.33. The molecule has 3 saturated carbocycles. The molecule has 2 aromatic carbocycles. The van der Waals surface area contributed by atoms with Gasteiger partial charge in [0.1, 0.15) is 5.82 Å². The Morgan fingerprint density at radius 3 is 1.49 bits per heavy atom. The summed E-state index contributed by atoms with van der Waals surface area (Å²) in [6.07, 6.45) is 23.7. The molecular formula is C44H63N2P. The Morgan fingerprint density at radius 2 is 1.06 bits per heavy atom. The number of allylic oxidation sites excluding steroid dienone is 5. The predicted molar refractivity (Wildman–Crippen MR) is 209 cm³/mol. The molecule has 1 atom stereocenters. The molecule has 0 amide bonds. The SMILES string of the molecule is CC(C)=CC=C1C(=C2N(c3c(C)cc(C)cc3C)CCN2c2c(C)cc(C)cc2C)CCCC1P(C1CCCCC1)C1CCCCC1. The van der Waals surface area contributed by atoms with Gasteiger partial charge in [0.2, 0.25) is 0 Å². The molecule has 1 unspecified atom stereocenters. The van der Waals surface area contributed by atoms with Crippen LogP contribution < -0.4 is 9.80 Å². The van der Waals surface area contributed by atoms with E-state index >= 15 is 0 Å². The smallest absolute Gasteiger partial charge is 0.117 e. The molecule has 0 spiro atoms. The third-order valence-corrected chi connectivity index (χ3v) is 15.7. The number of hydrogen-bond donors (Lipinski definition) is 0. The fraction of sp³-hybridized carbons (Fsp3) is 0.591. The van der Waals surface area contributed by atoms with Crippen molar-refractivity contribution in [1.29, 1.82) is 0 Å². The Hall–Kier alpha value is -2.31. The molecular weight excluding hydrogens is 587 g/mol. The highest BCUT2D eigenvalue weighted by Crippen LogP contribution is 2.64. The van der Waals surface area contributed by atoms with Gasteiger partial charge in [-0.2, -0.15) is 0 Å². The van der Waals surface area contributed by atoms with E-state index in [2.05, 4.69) is 102 Å². The summed E-state index contributed by atoms with van der Waals surface area (Å²) in [6.45, 7) is 20.5. The topological polar surface area (TPSA) is 6.48 Å². The Bertz CT molecular complexity index is 1390. The van der Waals surface area contributed by atoms with E-state index in [1.54, 1.807) is 11.1 Å². The van der Waals surface area contributed by atoms with Crippen LogP contribution in [0.25, 0.3) is 0 Å². The zero-order valence-electron chi connectivity index (χ0n) is 31.1. The highest BCUT2D eigenvalue weighted by Gasteiger charge is 2.42. The van der Waals surface area contributed by atoms with E-state index in [9.17, 15) is 0 Å². The van der Waals surface area contributed by atoms with Crippen LogP contribution in [0, 0.1) is 41.5 Å². The molecule has 0 aromatic heterocycles. The Labute approximate surface area is 289 Å². The average Bonchev–Trinajstić information content (AvgIpc) is 3.44. The minimum absolute atomic E-state index is 0.0656. The largest absolute Gasteiger partial charge is 0.325 e. The third-order valence-electron chi connectivity index (χ3n) is 11.7. The fourth-order valence-electron chi connectivity index (χ4n) is 10.1. The first-order chi connectivity index (χ1) is 22.6. The minimum Gasteiger partial charge on any atom is -0.325 e. The normalized spacial score (nSPS) is 22.6. The van der Waals surface area contributed by atoms with E-state index in [1.165, 1.54) is 140 Å². The predicted octanol–water partition coefficient (Wildman–Crippen LogP) is 12.7. The van der Waals surface area contributed by atoms with Crippen LogP contribution in [0.3, 0.4) is 0 Å². The van der Waals surface area contributed by atoms with Gasteiger partial charge in [0.25, 0.3) is 0 Å². The molecule has 2 aromatic rings. The van der Waals surface area contributed by atoms with Gasteiger partial charge >= 0.3 is 0 Å². The molecule has 0 radical (unpaired) electrons. The van der Waals surface area contributed by atoms with Crippen molar-refractivity contribution in [2.45, 2.75) is 156 Å². The highest BCUT2D eigenvalue weighted by atomic mass is 31.1. The lowest BCUT2D eigenvalue weighted by molar-refractivity contribution is 0.479. The maximum absolute atomic E-state index is 2.76. The third kappa shape index (κ3) is 7.34. The molecule has 1 saturated heterocycles. The molecule has 3 heteroatoms. The molecule has 0 bridgehead atoms. The summed E-state index contributed by atoms with van der Waals surface area (Å²) < 4.78 is 0. The average molecular weight is 651 g/mol. The van der Waals surface area contributed by atoms with Crippen molar-refractivity contribution in [1.82, 2.24) is 0 Å². The van der Waals surface area contributed by atoms with Gasteiger partial charge < -0.3 is 9.80 Å². The maximum Gasteiger partial charge on any atom is 0.117 e. The van der Waals surface area contributed by atoms with E-state index in [-0.39, 0.29) is 7.92 Å². The maximum atomic E-state index is 2.76. The number of rotatable bonds is 6. The summed E-state index contributed by atoms with van der Waals surface area (Å²) in [5, 5.41) is 0. The van der Waals surface area contributed by atoms with Gasteiger partial charge in [0.15, 0.2) is 0 Å². The van der Waals surface area contributed by atoms with Gasteiger partial charge in [-0.3, -0.25) is 0 Å². The second kappa shape index (κ2) is 15.1. The van der Waals surface area contributed by atoms with E-state index in [0.29, 0.717) is 0 Å². The van der Waals surface area contributed by atoms with E-state index in [1.807, 2.05) is 0 Å². The van der Waals surface area contributed by atoms with E-state index in [4.69, 9.17) is 0 Å². The molecule has 4 aliphatic rings. The van der Waals surface area contributed by atoms with Crippen LogP contribution in [0.4, 0.5) is 11.4 Å². The van der Waals surface area contributed by atoms with Crippen molar-refractivity contribution in [3.05, 3.63) is 92.3 Å². The standard InChI is InChI=1S/C44H63N2P/c1-30(2)22-23-39-40(20-15-21-41(39)47(37-16-11-9-12-17-37)38-18-13-10-14-19-38)44-45(42-33(5)26-31(3)27-34(42)6)24-25-46(44)43-35(7)28-32(4)29-36(43)8/h22-23,26-29,37-38,41H,9-21,24-25H2,1-8H3. The van der Waals surface area contributed by atoms with Gasteiger partial charge in [-0.05, 0) is 145 Å². The Balaban J connectivity index is 1.57. The van der Waals surface area contributed by atoms with Crippen LogP contribution in [0.2, 0.25) is 0 Å². The van der Waals surface area contributed by atoms with Crippen LogP contribution in [-0.4, -0.2) is 30.1 Å². The van der Waals surface area contributed by atoms with Crippen molar-refractivity contribution in [3.63, 3.8) is 0 Å². The summed E-state index contributed by atoms with van der Waals surface area (Å²) in [7, 11) is -0.0656. The summed E-state index contributed by atoms with van der Waals surface area (Å²) in [5.41, 5.74) is 18.7. The van der Waals surface area contributed by atoms with E-state index < -0.39 is 0 Å². The number of aryl methyl sites for hydroxylation is 6.